The standard InChI is InChI=1S/C17H22N4O2S/c1-2-14-19-13(10-24-14)9-20-5-7-21(8-6-20)17(22)15-16(12-3-4-12)23-11-18-15/h10-12H,2-9H2,1H3. The van der Waals surface area contributed by atoms with Crippen LogP contribution in [0.25, 0.3) is 0 Å². The van der Waals surface area contributed by atoms with Gasteiger partial charge in [-0.15, -0.1) is 11.3 Å². The van der Waals surface area contributed by atoms with Crippen LogP contribution in [-0.2, 0) is 13.0 Å². The van der Waals surface area contributed by atoms with E-state index in [1.807, 2.05) is 4.90 Å². The van der Waals surface area contributed by atoms with Gasteiger partial charge in [-0.1, -0.05) is 6.92 Å². The summed E-state index contributed by atoms with van der Waals surface area (Å²) < 4.78 is 5.44. The Kier molecular flexibility index (Phi) is 4.37. The summed E-state index contributed by atoms with van der Waals surface area (Å²) in [5.41, 5.74) is 1.67. The van der Waals surface area contributed by atoms with E-state index in [-0.39, 0.29) is 5.91 Å². The smallest absolute Gasteiger partial charge is 0.276 e. The number of aromatic nitrogens is 2. The highest BCUT2D eigenvalue weighted by Gasteiger charge is 2.34. The van der Waals surface area contributed by atoms with Crippen LogP contribution >= 0.6 is 11.3 Å². The van der Waals surface area contributed by atoms with Gasteiger partial charge >= 0.3 is 0 Å². The molecule has 24 heavy (non-hydrogen) atoms. The molecule has 0 atom stereocenters. The zero-order valence-corrected chi connectivity index (χ0v) is 14.7. The summed E-state index contributed by atoms with van der Waals surface area (Å²) in [6, 6.07) is 0. The fourth-order valence-electron chi connectivity index (χ4n) is 3.12. The number of piperazine rings is 1. The van der Waals surface area contributed by atoms with Gasteiger partial charge in [0, 0.05) is 44.0 Å². The molecule has 0 aromatic carbocycles. The number of rotatable bonds is 5. The van der Waals surface area contributed by atoms with E-state index in [1.54, 1.807) is 11.3 Å². The second kappa shape index (κ2) is 6.64. The highest BCUT2D eigenvalue weighted by molar-refractivity contribution is 7.09. The first kappa shape index (κ1) is 15.8. The van der Waals surface area contributed by atoms with Crippen LogP contribution in [0.15, 0.2) is 16.2 Å². The zero-order valence-electron chi connectivity index (χ0n) is 13.9. The number of amides is 1. The van der Waals surface area contributed by atoms with E-state index in [0.717, 1.165) is 63.4 Å². The van der Waals surface area contributed by atoms with Gasteiger partial charge in [0.2, 0.25) is 0 Å². The van der Waals surface area contributed by atoms with Crippen LogP contribution in [0, 0.1) is 0 Å². The summed E-state index contributed by atoms with van der Waals surface area (Å²) in [6.45, 7) is 6.23. The van der Waals surface area contributed by atoms with Crippen LogP contribution in [0.4, 0.5) is 0 Å². The number of thiazole rings is 1. The number of hydrogen-bond donors (Lipinski definition) is 0. The molecule has 0 unspecified atom stereocenters. The summed E-state index contributed by atoms with van der Waals surface area (Å²) in [5.74, 6) is 1.22. The fourth-order valence-corrected chi connectivity index (χ4v) is 3.86. The molecule has 2 fully saturated rings. The molecule has 6 nitrogen and oxygen atoms in total. The molecule has 1 saturated heterocycles. The molecule has 2 aliphatic rings. The SMILES string of the molecule is CCc1nc(CN2CCN(C(=O)c3ncoc3C3CC3)CC2)cs1. The Bertz CT molecular complexity index is 714. The molecule has 128 valence electrons. The highest BCUT2D eigenvalue weighted by atomic mass is 32.1. The van der Waals surface area contributed by atoms with Crippen molar-refractivity contribution in [3.63, 3.8) is 0 Å². The molecule has 1 aliphatic heterocycles. The van der Waals surface area contributed by atoms with E-state index in [9.17, 15) is 4.79 Å². The van der Waals surface area contributed by atoms with E-state index in [2.05, 4.69) is 27.2 Å². The molecule has 7 heteroatoms. The number of carbonyl (C=O) groups is 1. The third-order valence-corrected chi connectivity index (χ3v) is 5.73. The van der Waals surface area contributed by atoms with E-state index in [0.29, 0.717) is 11.6 Å². The zero-order chi connectivity index (χ0) is 16.5. The number of aryl methyl sites for hydroxylation is 1. The molecule has 0 spiro atoms. The van der Waals surface area contributed by atoms with E-state index >= 15 is 0 Å². The van der Waals surface area contributed by atoms with Crippen molar-refractivity contribution < 1.29 is 9.21 Å². The Morgan fingerprint density at radius 2 is 2.12 bits per heavy atom. The van der Waals surface area contributed by atoms with Gasteiger partial charge in [-0.2, -0.15) is 0 Å². The number of hydrogen-bond acceptors (Lipinski definition) is 6. The third-order valence-electron chi connectivity index (χ3n) is 4.69. The van der Waals surface area contributed by atoms with Gasteiger partial charge in [-0.3, -0.25) is 9.69 Å². The van der Waals surface area contributed by atoms with Crippen LogP contribution in [-0.4, -0.2) is 51.9 Å². The Morgan fingerprint density at radius 3 is 2.79 bits per heavy atom. The third kappa shape index (κ3) is 3.23. The highest BCUT2D eigenvalue weighted by Crippen LogP contribution is 2.41. The molecule has 3 heterocycles. The van der Waals surface area contributed by atoms with Crippen LogP contribution in [0.2, 0.25) is 0 Å². The Balaban J connectivity index is 1.33. The van der Waals surface area contributed by atoms with Crippen molar-refractivity contribution in [3.05, 3.63) is 33.9 Å². The first-order chi connectivity index (χ1) is 11.7. The van der Waals surface area contributed by atoms with Crippen molar-refractivity contribution in [2.75, 3.05) is 26.2 Å². The van der Waals surface area contributed by atoms with Gasteiger partial charge in [-0.25, -0.2) is 9.97 Å². The maximum atomic E-state index is 12.7. The molecule has 1 aliphatic carbocycles. The molecule has 1 saturated carbocycles. The molecular weight excluding hydrogens is 324 g/mol. The predicted octanol–water partition coefficient (Wildman–Crippen LogP) is 2.53. The lowest BCUT2D eigenvalue weighted by Crippen LogP contribution is -2.48. The average molecular weight is 346 g/mol. The number of oxazole rings is 1. The van der Waals surface area contributed by atoms with Crippen molar-refractivity contribution in [2.24, 2.45) is 0 Å². The second-order valence-corrected chi connectivity index (χ2v) is 7.44. The normalized spacial score (nSPS) is 19.0. The van der Waals surface area contributed by atoms with Gasteiger partial charge in [0.25, 0.3) is 5.91 Å². The van der Waals surface area contributed by atoms with Crippen molar-refractivity contribution in [1.82, 2.24) is 19.8 Å². The summed E-state index contributed by atoms with van der Waals surface area (Å²) in [5, 5.41) is 3.34. The first-order valence-electron chi connectivity index (χ1n) is 8.63. The first-order valence-corrected chi connectivity index (χ1v) is 9.51. The maximum absolute atomic E-state index is 12.7. The molecule has 0 N–H and O–H groups in total. The maximum Gasteiger partial charge on any atom is 0.276 e. The summed E-state index contributed by atoms with van der Waals surface area (Å²) in [7, 11) is 0. The van der Waals surface area contributed by atoms with Crippen LogP contribution in [0.3, 0.4) is 0 Å². The average Bonchev–Trinajstić information content (AvgIpc) is 3.16. The van der Waals surface area contributed by atoms with Crippen molar-refractivity contribution in [3.8, 4) is 0 Å². The molecular formula is C17H22N4O2S. The summed E-state index contributed by atoms with van der Waals surface area (Å²) >= 11 is 1.73. The Hall–Kier alpha value is -1.73. The lowest BCUT2D eigenvalue weighted by Gasteiger charge is -2.34. The lowest BCUT2D eigenvalue weighted by molar-refractivity contribution is 0.0620. The Morgan fingerprint density at radius 1 is 1.33 bits per heavy atom. The topological polar surface area (TPSA) is 62.5 Å². The lowest BCUT2D eigenvalue weighted by atomic mass is 10.2. The monoisotopic (exact) mass is 346 g/mol. The molecule has 1 amide bonds. The van der Waals surface area contributed by atoms with E-state index in [1.165, 1.54) is 11.4 Å². The second-order valence-electron chi connectivity index (χ2n) is 6.49. The van der Waals surface area contributed by atoms with Crippen molar-refractivity contribution in [1.29, 1.82) is 0 Å². The summed E-state index contributed by atoms with van der Waals surface area (Å²) in [4.78, 5) is 25.8. The minimum atomic E-state index is 0.0206. The van der Waals surface area contributed by atoms with E-state index < -0.39 is 0 Å². The largest absolute Gasteiger partial charge is 0.447 e. The summed E-state index contributed by atoms with van der Waals surface area (Å²) in [6.07, 6.45) is 4.62. The molecule has 2 aromatic rings. The van der Waals surface area contributed by atoms with Gasteiger partial charge in [-0.05, 0) is 19.3 Å². The van der Waals surface area contributed by atoms with Gasteiger partial charge in [0.05, 0.1) is 10.7 Å². The van der Waals surface area contributed by atoms with Crippen LogP contribution < -0.4 is 0 Å². The van der Waals surface area contributed by atoms with Crippen molar-refractivity contribution >= 4 is 17.2 Å². The van der Waals surface area contributed by atoms with Gasteiger partial charge in [0.15, 0.2) is 12.1 Å². The van der Waals surface area contributed by atoms with Crippen LogP contribution in [0.1, 0.15) is 52.6 Å². The van der Waals surface area contributed by atoms with Gasteiger partial charge < -0.3 is 9.32 Å². The predicted molar refractivity (Wildman–Crippen MR) is 91.2 cm³/mol. The van der Waals surface area contributed by atoms with Crippen LogP contribution in [0.5, 0.6) is 0 Å². The minimum absolute atomic E-state index is 0.0206. The van der Waals surface area contributed by atoms with Crippen molar-refractivity contribution in [2.45, 2.75) is 38.6 Å². The Labute approximate surface area is 145 Å². The quantitative estimate of drug-likeness (QED) is 0.832. The van der Waals surface area contributed by atoms with Gasteiger partial charge in [0.1, 0.15) is 5.76 Å². The molecule has 4 rings (SSSR count). The number of carbonyl (C=O) groups excluding carboxylic acids is 1. The molecule has 0 bridgehead atoms. The fraction of sp³-hybridized carbons (Fsp3) is 0.588. The molecule has 2 aromatic heterocycles. The molecule has 0 radical (unpaired) electrons. The minimum Gasteiger partial charge on any atom is -0.447 e. The van der Waals surface area contributed by atoms with E-state index in [4.69, 9.17) is 4.42 Å². The number of nitrogens with zero attached hydrogens (tertiary/aromatic N) is 4.